The standard InChI is InChI=1S/C21H23BrClFN2O2/c1-21(2,3)28-20(27)26-12-4-5-17(26)25-16-11-10-15(24)19(23)18(16)13-6-8-14(22)9-7-13/h6-11,17,25H,4-5,12H2,1-3H3/t17-/m0/s1. The first kappa shape index (κ1) is 20.9. The Labute approximate surface area is 178 Å². The Morgan fingerprint density at radius 2 is 1.93 bits per heavy atom. The van der Waals surface area contributed by atoms with E-state index in [1.54, 1.807) is 11.0 Å². The summed E-state index contributed by atoms with van der Waals surface area (Å²) in [7, 11) is 0. The first-order valence-corrected chi connectivity index (χ1v) is 10.3. The quantitative estimate of drug-likeness (QED) is 0.545. The fourth-order valence-electron chi connectivity index (χ4n) is 3.21. The number of benzene rings is 2. The van der Waals surface area contributed by atoms with Crippen molar-refractivity contribution in [3.63, 3.8) is 0 Å². The van der Waals surface area contributed by atoms with Crippen molar-refractivity contribution in [3.8, 4) is 11.1 Å². The number of carbonyl (C=O) groups is 1. The lowest BCUT2D eigenvalue weighted by Crippen LogP contribution is -2.43. The van der Waals surface area contributed by atoms with Crippen molar-refractivity contribution < 1.29 is 13.9 Å². The molecule has 0 spiro atoms. The minimum atomic E-state index is -0.563. The van der Waals surface area contributed by atoms with Crippen molar-refractivity contribution in [1.29, 1.82) is 0 Å². The van der Waals surface area contributed by atoms with E-state index in [1.165, 1.54) is 6.07 Å². The molecule has 0 bridgehead atoms. The number of rotatable bonds is 3. The molecule has 4 nitrogen and oxygen atoms in total. The fraction of sp³-hybridized carbons (Fsp3) is 0.381. The molecule has 1 amide bonds. The Hall–Kier alpha value is -1.79. The minimum absolute atomic E-state index is 0.0501. The number of nitrogens with zero attached hydrogens (tertiary/aromatic N) is 1. The molecule has 0 aromatic heterocycles. The van der Waals surface area contributed by atoms with E-state index in [2.05, 4.69) is 21.2 Å². The molecule has 7 heteroatoms. The van der Waals surface area contributed by atoms with Crippen LogP contribution < -0.4 is 5.32 Å². The van der Waals surface area contributed by atoms with Gasteiger partial charge in [0.15, 0.2) is 0 Å². The molecule has 1 saturated heterocycles. The predicted molar refractivity (Wildman–Crippen MR) is 114 cm³/mol. The van der Waals surface area contributed by atoms with Gasteiger partial charge in [-0.2, -0.15) is 0 Å². The van der Waals surface area contributed by atoms with E-state index in [9.17, 15) is 9.18 Å². The van der Waals surface area contributed by atoms with Gasteiger partial charge < -0.3 is 10.1 Å². The molecular weight excluding hydrogens is 447 g/mol. The highest BCUT2D eigenvalue weighted by atomic mass is 79.9. The summed E-state index contributed by atoms with van der Waals surface area (Å²) in [6.07, 6.45) is 1.03. The van der Waals surface area contributed by atoms with Crippen LogP contribution in [0, 0.1) is 5.82 Å². The van der Waals surface area contributed by atoms with Gasteiger partial charge in [0, 0.05) is 22.3 Å². The van der Waals surface area contributed by atoms with Gasteiger partial charge in [0.2, 0.25) is 0 Å². The molecule has 1 aliphatic heterocycles. The molecule has 150 valence electrons. The summed E-state index contributed by atoms with van der Waals surface area (Å²) >= 11 is 9.72. The lowest BCUT2D eigenvalue weighted by atomic mass is 10.0. The van der Waals surface area contributed by atoms with Gasteiger partial charge in [-0.15, -0.1) is 0 Å². The molecule has 3 rings (SSSR count). The molecule has 1 atom stereocenters. The number of amides is 1. The van der Waals surface area contributed by atoms with Gasteiger partial charge in [0.05, 0.1) is 5.02 Å². The normalized spacial score (nSPS) is 16.9. The number of ether oxygens (including phenoxy) is 1. The maximum Gasteiger partial charge on any atom is 0.411 e. The number of anilines is 1. The average Bonchev–Trinajstić information content (AvgIpc) is 3.06. The van der Waals surface area contributed by atoms with Gasteiger partial charge in [-0.05, 0) is 63.4 Å². The van der Waals surface area contributed by atoms with Crippen LogP contribution in [0.2, 0.25) is 5.02 Å². The third-order valence-corrected chi connectivity index (χ3v) is 5.33. The molecule has 0 radical (unpaired) electrons. The molecule has 28 heavy (non-hydrogen) atoms. The largest absolute Gasteiger partial charge is 0.444 e. The van der Waals surface area contributed by atoms with Crippen LogP contribution in [-0.4, -0.2) is 29.3 Å². The number of hydrogen-bond acceptors (Lipinski definition) is 3. The predicted octanol–water partition coefficient (Wildman–Crippen LogP) is 6.68. The van der Waals surface area contributed by atoms with Crippen LogP contribution in [-0.2, 0) is 4.74 Å². The van der Waals surface area contributed by atoms with Crippen LogP contribution in [0.3, 0.4) is 0 Å². The molecule has 0 aliphatic carbocycles. The van der Waals surface area contributed by atoms with Gasteiger partial charge in [0.1, 0.15) is 17.6 Å². The average molecular weight is 470 g/mol. The topological polar surface area (TPSA) is 41.6 Å². The lowest BCUT2D eigenvalue weighted by Gasteiger charge is -2.30. The molecule has 0 unspecified atom stereocenters. The van der Waals surface area contributed by atoms with Gasteiger partial charge in [-0.25, -0.2) is 9.18 Å². The van der Waals surface area contributed by atoms with Crippen LogP contribution in [0.15, 0.2) is 40.9 Å². The lowest BCUT2D eigenvalue weighted by molar-refractivity contribution is 0.0244. The third-order valence-electron chi connectivity index (χ3n) is 4.43. The van der Waals surface area contributed by atoms with Gasteiger partial charge >= 0.3 is 6.09 Å². The monoisotopic (exact) mass is 468 g/mol. The zero-order valence-corrected chi connectivity index (χ0v) is 18.4. The summed E-state index contributed by atoms with van der Waals surface area (Å²) < 4.78 is 20.6. The third kappa shape index (κ3) is 4.78. The Morgan fingerprint density at radius 3 is 2.57 bits per heavy atom. The smallest absolute Gasteiger partial charge is 0.411 e. The van der Waals surface area contributed by atoms with Crippen molar-refractivity contribution in [2.75, 3.05) is 11.9 Å². The molecule has 1 N–H and O–H groups in total. The summed E-state index contributed by atoms with van der Waals surface area (Å²) in [6.45, 7) is 6.13. The van der Waals surface area contributed by atoms with Gasteiger partial charge in [-0.1, -0.05) is 39.7 Å². The van der Waals surface area contributed by atoms with E-state index in [-0.39, 0.29) is 17.3 Å². The zero-order chi connectivity index (χ0) is 20.5. The van der Waals surface area contributed by atoms with Crippen molar-refractivity contribution in [2.24, 2.45) is 0 Å². The molecule has 1 fully saturated rings. The van der Waals surface area contributed by atoms with Crippen molar-refractivity contribution in [2.45, 2.75) is 45.4 Å². The number of carbonyl (C=O) groups excluding carboxylic acids is 1. The molecule has 2 aromatic rings. The first-order chi connectivity index (χ1) is 13.2. The Morgan fingerprint density at radius 1 is 1.25 bits per heavy atom. The SMILES string of the molecule is CC(C)(C)OC(=O)N1CCC[C@H]1Nc1ccc(F)c(Cl)c1-c1ccc(Br)cc1. The molecular formula is C21H23BrClFN2O2. The van der Waals surface area contributed by atoms with E-state index in [0.29, 0.717) is 17.8 Å². The van der Waals surface area contributed by atoms with Crippen LogP contribution in [0.25, 0.3) is 11.1 Å². The maximum absolute atomic E-state index is 14.2. The second kappa shape index (κ2) is 8.29. The second-order valence-corrected chi connectivity index (χ2v) is 9.06. The van der Waals surface area contributed by atoms with Crippen LogP contribution in [0.4, 0.5) is 14.9 Å². The second-order valence-electron chi connectivity index (χ2n) is 7.77. The van der Waals surface area contributed by atoms with Crippen molar-refractivity contribution in [1.82, 2.24) is 4.90 Å². The Kier molecular flexibility index (Phi) is 6.20. The fourth-order valence-corrected chi connectivity index (χ4v) is 3.74. The molecule has 1 heterocycles. The number of halogens is 3. The minimum Gasteiger partial charge on any atom is -0.444 e. The summed E-state index contributed by atoms with van der Waals surface area (Å²) in [6, 6.07) is 10.5. The number of nitrogens with one attached hydrogen (secondary N) is 1. The Balaban J connectivity index is 1.91. The summed E-state index contributed by atoms with van der Waals surface area (Å²) in [4.78, 5) is 14.2. The highest BCUT2D eigenvalue weighted by Crippen LogP contribution is 2.38. The van der Waals surface area contributed by atoms with Crippen LogP contribution in [0.1, 0.15) is 33.6 Å². The van der Waals surface area contributed by atoms with Crippen LogP contribution in [0.5, 0.6) is 0 Å². The summed E-state index contributed by atoms with van der Waals surface area (Å²) in [5.74, 6) is -0.486. The van der Waals surface area contributed by atoms with E-state index < -0.39 is 11.4 Å². The number of hydrogen-bond donors (Lipinski definition) is 1. The van der Waals surface area contributed by atoms with E-state index in [0.717, 1.165) is 22.9 Å². The zero-order valence-electron chi connectivity index (χ0n) is 16.1. The Bertz CT molecular complexity index is 868. The van der Waals surface area contributed by atoms with E-state index in [4.69, 9.17) is 16.3 Å². The van der Waals surface area contributed by atoms with Crippen LogP contribution >= 0.6 is 27.5 Å². The highest BCUT2D eigenvalue weighted by molar-refractivity contribution is 9.10. The molecule has 0 saturated carbocycles. The molecule has 1 aliphatic rings. The van der Waals surface area contributed by atoms with E-state index >= 15 is 0 Å². The van der Waals surface area contributed by atoms with Gasteiger partial charge in [0.25, 0.3) is 0 Å². The number of likely N-dealkylation sites (tertiary alicyclic amines) is 1. The van der Waals surface area contributed by atoms with Crippen molar-refractivity contribution >= 4 is 39.3 Å². The summed E-state index contributed by atoms with van der Waals surface area (Å²) in [5.41, 5.74) is 1.47. The van der Waals surface area contributed by atoms with E-state index in [1.807, 2.05) is 45.0 Å². The van der Waals surface area contributed by atoms with Gasteiger partial charge in [-0.3, -0.25) is 4.90 Å². The highest BCUT2D eigenvalue weighted by Gasteiger charge is 2.32. The maximum atomic E-state index is 14.2. The summed E-state index contributed by atoms with van der Waals surface area (Å²) in [5, 5.41) is 3.42. The molecule has 2 aromatic carbocycles. The van der Waals surface area contributed by atoms with Crippen molar-refractivity contribution in [3.05, 3.63) is 51.7 Å². The first-order valence-electron chi connectivity index (χ1n) is 9.16.